The van der Waals surface area contributed by atoms with Crippen LogP contribution >= 0.6 is 0 Å². The minimum atomic E-state index is -0.871. The van der Waals surface area contributed by atoms with Gasteiger partial charge in [0.25, 0.3) is 0 Å². The van der Waals surface area contributed by atoms with Gasteiger partial charge in [-0.05, 0) is 43.5 Å². The van der Waals surface area contributed by atoms with E-state index >= 15 is 0 Å². The molecule has 0 heterocycles. The lowest BCUT2D eigenvalue weighted by Gasteiger charge is -2.27. The van der Waals surface area contributed by atoms with Crippen LogP contribution in [0.15, 0.2) is 24.3 Å². The number of hydrogen-bond acceptors (Lipinski definition) is 3. The molecule has 1 saturated carbocycles. The molecule has 1 aromatic rings. The van der Waals surface area contributed by atoms with E-state index in [-0.39, 0.29) is 5.91 Å². The molecule has 5 heteroatoms. The van der Waals surface area contributed by atoms with Crippen LogP contribution in [0.25, 0.3) is 0 Å². The lowest BCUT2D eigenvalue weighted by Crippen LogP contribution is -2.36. The topological polar surface area (TPSA) is 75.6 Å². The van der Waals surface area contributed by atoms with E-state index in [1.807, 2.05) is 12.1 Å². The molecule has 0 aromatic heterocycles. The summed E-state index contributed by atoms with van der Waals surface area (Å²) in [5.41, 5.74) is 0.674. The van der Waals surface area contributed by atoms with E-state index in [2.05, 4.69) is 12.2 Å². The summed E-state index contributed by atoms with van der Waals surface area (Å²) in [5.74, 6) is -1.30. The van der Waals surface area contributed by atoms with E-state index in [0.29, 0.717) is 25.1 Å². The Morgan fingerprint density at radius 2 is 1.83 bits per heavy atom. The molecule has 0 aliphatic heterocycles. The second-order valence-electron chi connectivity index (χ2n) is 6.05. The van der Waals surface area contributed by atoms with Crippen LogP contribution in [0.4, 0.5) is 5.69 Å². The zero-order valence-corrected chi connectivity index (χ0v) is 13.6. The van der Waals surface area contributed by atoms with Gasteiger partial charge in [-0.15, -0.1) is 0 Å². The molecule has 2 atom stereocenters. The van der Waals surface area contributed by atoms with Crippen LogP contribution in [0, 0.1) is 11.8 Å². The third-order valence-electron chi connectivity index (χ3n) is 4.31. The SMILES string of the molecule is CCCCOc1ccc(NC(=O)[C@@H]2CCCC[C@@H]2C(=O)O)cc1. The molecule has 2 rings (SSSR count). The third-order valence-corrected chi connectivity index (χ3v) is 4.31. The third kappa shape index (κ3) is 4.98. The van der Waals surface area contributed by atoms with E-state index in [9.17, 15) is 14.7 Å². The standard InChI is InChI=1S/C18H25NO4/c1-2-3-12-23-14-10-8-13(9-11-14)19-17(20)15-6-4-5-7-16(15)18(21)22/h8-11,15-16H,2-7,12H2,1H3,(H,19,20)(H,21,22)/t15-,16+/m1/s1. The number of hydrogen-bond donors (Lipinski definition) is 2. The van der Waals surface area contributed by atoms with Gasteiger partial charge in [0.2, 0.25) is 5.91 Å². The lowest BCUT2D eigenvalue weighted by molar-refractivity contribution is -0.147. The summed E-state index contributed by atoms with van der Waals surface area (Å²) in [7, 11) is 0. The summed E-state index contributed by atoms with van der Waals surface area (Å²) >= 11 is 0. The molecule has 0 saturated heterocycles. The largest absolute Gasteiger partial charge is 0.494 e. The van der Waals surface area contributed by atoms with Crippen LogP contribution in [-0.2, 0) is 9.59 Å². The molecule has 1 aliphatic rings. The maximum absolute atomic E-state index is 12.4. The van der Waals surface area contributed by atoms with Gasteiger partial charge in [-0.3, -0.25) is 9.59 Å². The van der Waals surface area contributed by atoms with Crippen LogP contribution in [0.3, 0.4) is 0 Å². The normalized spacial score (nSPS) is 20.7. The quantitative estimate of drug-likeness (QED) is 0.751. The zero-order valence-electron chi connectivity index (χ0n) is 13.6. The van der Waals surface area contributed by atoms with Gasteiger partial charge in [0.05, 0.1) is 18.4 Å². The van der Waals surface area contributed by atoms with Crippen LogP contribution in [0.1, 0.15) is 45.4 Å². The number of anilines is 1. The first-order valence-electron chi connectivity index (χ1n) is 8.38. The lowest BCUT2D eigenvalue weighted by atomic mass is 9.78. The zero-order chi connectivity index (χ0) is 16.7. The van der Waals surface area contributed by atoms with E-state index in [0.717, 1.165) is 31.4 Å². The van der Waals surface area contributed by atoms with Gasteiger partial charge in [-0.2, -0.15) is 0 Å². The number of carboxylic acids is 1. The van der Waals surface area contributed by atoms with Crippen molar-refractivity contribution in [2.45, 2.75) is 45.4 Å². The van der Waals surface area contributed by atoms with Crippen LogP contribution in [0.2, 0.25) is 0 Å². The molecular weight excluding hydrogens is 294 g/mol. The fourth-order valence-electron chi connectivity index (χ4n) is 2.94. The molecule has 126 valence electrons. The van der Waals surface area contributed by atoms with Gasteiger partial charge < -0.3 is 15.2 Å². The van der Waals surface area contributed by atoms with Crippen LogP contribution in [0.5, 0.6) is 5.75 Å². The summed E-state index contributed by atoms with van der Waals surface area (Å²) < 4.78 is 5.58. The number of rotatable bonds is 7. The highest BCUT2D eigenvalue weighted by molar-refractivity contribution is 5.95. The van der Waals surface area contributed by atoms with Crippen LogP contribution < -0.4 is 10.1 Å². The van der Waals surface area contributed by atoms with Crippen molar-refractivity contribution in [2.75, 3.05) is 11.9 Å². The van der Waals surface area contributed by atoms with Gasteiger partial charge in [0.1, 0.15) is 5.75 Å². The minimum absolute atomic E-state index is 0.197. The smallest absolute Gasteiger partial charge is 0.307 e. The highest BCUT2D eigenvalue weighted by atomic mass is 16.5. The molecule has 1 aromatic carbocycles. The van der Waals surface area contributed by atoms with Crippen molar-refractivity contribution in [3.8, 4) is 5.75 Å². The second-order valence-corrected chi connectivity index (χ2v) is 6.05. The molecule has 1 aliphatic carbocycles. The maximum Gasteiger partial charge on any atom is 0.307 e. The minimum Gasteiger partial charge on any atom is -0.494 e. The number of carboxylic acid groups (broad SMARTS) is 1. The Balaban J connectivity index is 1.92. The number of ether oxygens (including phenoxy) is 1. The van der Waals surface area contributed by atoms with Gasteiger partial charge in [0, 0.05) is 5.69 Å². The highest BCUT2D eigenvalue weighted by Crippen LogP contribution is 2.31. The predicted molar refractivity (Wildman–Crippen MR) is 88.6 cm³/mol. The maximum atomic E-state index is 12.4. The fraction of sp³-hybridized carbons (Fsp3) is 0.556. The van der Waals surface area contributed by atoms with Gasteiger partial charge in [0.15, 0.2) is 0 Å². The van der Waals surface area contributed by atoms with E-state index in [4.69, 9.17) is 4.74 Å². The molecular formula is C18H25NO4. The van der Waals surface area contributed by atoms with Crippen molar-refractivity contribution in [1.82, 2.24) is 0 Å². The van der Waals surface area contributed by atoms with Crippen molar-refractivity contribution in [3.05, 3.63) is 24.3 Å². The highest BCUT2D eigenvalue weighted by Gasteiger charge is 2.35. The Morgan fingerprint density at radius 3 is 2.43 bits per heavy atom. The van der Waals surface area contributed by atoms with E-state index in [1.54, 1.807) is 12.1 Å². The van der Waals surface area contributed by atoms with Crippen molar-refractivity contribution < 1.29 is 19.4 Å². The second kappa shape index (κ2) is 8.56. The van der Waals surface area contributed by atoms with E-state index < -0.39 is 17.8 Å². The van der Waals surface area contributed by atoms with Crippen LogP contribution in [-0.4, -0.2) is 23.6 Å². The average Bonchev–Trinajstić information content (AvgIpc) is 2.56. The Kier molecular flexibility index (Phi) is 6.44. The first kappa shape index (κ1) is 17.3. The molecule has 1 fully saturated rings. The van der Waals surface area contributed by atoms with Crippen molar-refractivity contribution in [2.24, 2.45) is 11.8 Å². The molecule has 0 radical (unpaired) electrons. The molecule has 0 spiro atoms. The summed E-state index contributed by atoms with van der Waals surface area (Å²) in [6.45, 7) is 2.79. The summed E-state index contributed by atoms with van der Waals surface area (Å²) in [4.78, 5) is 23.7. The number of aliphatic carboxylic acids is 1. The van der Waals surface area contributed by atoms with Gasteiger partial charge in [-0.25, -0.2) is 0 Å². The molecule has 5 nitrogen and oxygen atoms in total. The number of amides is 1. The average molecular weight is 319 g/mol. The molecule has 23 heavy (non-hydrogen) atoms. The van der Waals surface area contributed by atoms with Gasteiger partial charge in [-0.1, -0.05) is 26.2 Å². The van der Waals surface area contributed by atoms with E-state index in [1.165, 1.54) is 0 Å². The Hall–Kier alpha value is -2.04. The Bertz CT molecular complexity index is 526. The van der Waals surface area contributed by atoms with Gasteiger partial charge >= 0.3 is 5.97 Å². The fourth-order valence-corrected chi connectivity index (χ4v) is 2.94. The monoisotopic (exact) mass is 319 g/mol. The molecule has 1 amide bonds. The molecule has 2 N–H and O–H groups in total. The van der Waals surface area contributed by atoms with Crippen molar-refractivity contribution in [3.63, 3.8) is 0 Å². The first-order chi connectivity index (χ1) is 11.1. The number of nitrogens with one attached hydrogen (secondary N) is 1. The molecule has 0 bridgehead atoms. The summed E-state index contributed by atoms with van der Waals surface area (Å²) in [5, 5.41) is 12.1. The van der Waals surface area contributed by atoms with Crippen molar-refractivity contribution in [1.29, 1.82) is 0 Å². The predicted octanol–water partition coefficient (Wildman–Crippen LogP) is 3.70. The molecule has 0 unspecified atom stereocenters. The summed E-state index contributed by atoms with van der Waals surface area (Å²) in [6.07, 6.45) is 5.10. The Labute approximate surface area is 137 Å². The van der Waals surface area contributed by atoms with Crippen molar-refractivity contribution >= 4 is 17.6 Å². The Morgan fingerprint density at radius 1 is 1.17 bits per heavy atom. The number of unbranched alkanes of at least 4 members (excludes halogenated alkanes) is 1. The number of benzene rings is 1. The number of carbonyl (C=O) groups excluding carboxylic acids is 1. The first-order valence-corrected chi connectivity index (χ1v) is 8.38. The number of carbonyl (C=O) groups is 2. The summed E-state index contributed by atoms with van der Waals surface area (Å²) in [6, 6.07) is 7.22.